The van der Waals surface area contributed by atoms with Crippen LogP contribution in [0.3, 0.4) is 0 Å². The fraction of sp³-hybridized carbons (Fsp3) is 0.923. The Labute approximate surface area is 104 Å². The van der Waals surface area contributed by atoms with Crippen LogP contribution in [0.2, 0.25) is 0 Å². The molecule has 0 bridgehead atoms. The van der Waals surface area contributed by atoms with E-state index in [1.807, 2.05) is 0 Å². The Morgan fingerprint density at radius 3 is 2.65 bits per heavy atom. The van der Waals surface area contributed by atoms with Gasteiger partial charge in [-0.1, -0.05) is 0 Å². The summed E-state index contributed by atoms with van der Waals surface area (Å²) in [6.07, 6.45) is 3.85. The molecule has 0 radical (unpaired) electrons. The van der Waals surface area contributed by atoms with E-state index in [0.717, 1.165) is 19.3 Å². The van der Waals surface area contributed by atoms with Gasteiger partial charge >= 0.3 is 0 Å². The monoisotopic (exact) mass is 242 g/mol. The zero-order valence-corrected chi connectivity index (χ0v) is 11.3. The van der Waals surface area contributed by atoms with Crippen molar-refractivity contribution in [2.45, 2.75) is 70.6 Å². The van der Waals surface area contributed by atoms with Crippen molar-refractivity contribution in [1.82, 2.24) is 10.6 Å². The average Bonchev–Trinajstić information content (AvgIpc) is 2.15. The van der Waals surface area contributed by atoms with E-state index in [4.69, 9.17) is 0 Å². The lowest BCUT2D eigenvalue weighted by Crippen LogP contribution is -2.42. The second-order valence-corrected chi connectivity index (χ2v) is 6.01. The number of hydrogen-bond donors (Lipinski definition) is 3. The van der Waals surface area contributed by atoms with Crippen molar-refractivity contribution in [3.8, 4) is 0 Å². The van der Waals surface area contributed by atoms with Crippen molar-refractivity contribution in [2.75, 3.05) is 6.54 Å². The first-order chi connectivity index (χ1) is 7.87. The molecule has 2 unspecified atom stereocenters. The van der Waals surface area contributed by atoms with Crippen molar-refractivity contribution < 1.29 is 9.90 Å². The van der Waals surface area contributed by atoms with Gasteiger partial charge in [-0.25, -0.2) is 0 Å². The maximum atomic E-state index is 11.7. The summed E-state index contributed by atoms with van der Waals surface area (Å²) in [6, 6.07) is 0.167. The summed E-state index contributed by atoms with van der Waals surface area (Å²) in [7, 11) is 0. The fourth-order valence-corrected chi connectivity index (χ4v) is 2.15. The molecule has 3 N–H and O–H groups in total. The van der Waals surface area contributed by atoms with Gasteiger partial charge in [0.2, 0.25) is 5.91 Å². The van der Waals surface area contributed by atoms with Crippen LogP contribution >= 0.6 is 0 Å². The standard InChI is InChI=1S/C13H26N2O2/c1-13(2,3)14-8-7-12(17)15-10-5-4-6-11(16)9-10/h10-11,14,16H,4-9H2,1-3H3,(H,15,17). The second-order valence-electron chi connectivity index (χ2n) is 6.01. The molecule has 1 aliphatic carbocycles. The zero-order valence-electron chi connectivity index (χ0n) is 11.3. The third-order valence-electron chi connectivity index (χ3n) is 3.02. The lowest BCUT2D eigenvalue weighted by atomic mass is 9.93. The molecule has 0 aliphatic heterocycles. The van der Waals surface area contributed by atoms with Gasteiger partial charge in [0.25, 0.3) is 0 Å². The van der Waals surface area contributed by atoms with Crippen LogP contribution in [0.5, 0.6) is 0 Å². The fourth-order valence-electron chi connectivity index (χ4n) is 2.15. The van der Waals surface area contributed by atoms with Crippen LogP contribution in [-0.4, -0.2) is 35.2 Å². The van der Waals surface area contributed by atoms with Gasteiger partial charge in [-0.05, 0) is 46.5 Å². The molecule has 2 atom stereocenters. The summed E-state index contributed by atoms with van der Waals surface area (Å²) in [6.45, 7) is 6.96. The Kier molecular flexibility index (Phi) is 5.40. The van der Waals surface area contributed by atoms with Crippen LogP contribution in [0.15, 0.2) is 0 Å². The van der Waals surface area contributed by atoms with Crippen LogP contribution in [0.1, 0.15) is 52.9 Å². The molecule has 0 saturated heterocycles. The summed E-state index contributed by atoms with van der Waals surface area (Å²) < 4.78 is 0. The maximum Gasteiger partial charge on any atom is 0.221 e. The van der Waals surface area contributed by atoms with Gasteiger partial charge in [0.15, 0.2) is 0 Å². The predicted molar refractivity (Wildman–Crippen MR) is 68.8 cm³/mol. The van der Waals surface area contributed by atoms with Crippen molar-refractivity contribution >= 4 is 5.91 Å². The number of nitrogens with one attached hydrogen (secondary N) is 2. The van der Waals surface area contributed by atoms with Gasteiger partial charge in [0.1, 0.15) is 0 Å². The molecule has 0 spiro atoms. The SMILES string of the molecule is CC(C)(C)NCCC(=O)NC1CCCC(O)C1. The zero-order chi connectivity index (χ0) is 12.9. The van der Waals surface area contributed by atoms with Gasteiger partial charge < -0.3 is 15.7 Å². The molecule has 1 fully saturated rings. The Hall–Kier alpha value is -0.610. The number of aliphatic hydroxyl groups is 1. The van der Waals surface area contributed by atoms with Gasteiger partial charge in [-0.15, -0.1) is 0 Å². The van der Waals surface area contributed by atoms with Crippen LogP contribution in [0.4, 0.5) is 0 Å². The lowest BCUT2D eigenvalue weighted by molar-refractivity contribution is -0.122. The van der Waals surface area contributed by atoms with Crippen molar-refractivity contribution in [3.63, 3.8) is 0 Å². The number of carbonyl (C=O) groups is 1. The minimum atomic E-state index is -0.234. The Morgan fingerprint density at radius 1 is 1.35 bits per heavy atom. The minimum Gasteiger partial charge on any atom is -0.393 e. The van der Waals surface area contributed by atoms with Gasteiger partial charge in [-0.2, -0.15) is 0 Å². The maximum absolute atomic E-state index is 11.7. The Bertz CT molecular complexity index is 248. The average molecular weight is 242 g/mol. The first kappa shape index (κ1) is 14.5. The molecule has 1 rings (SSSR count). The van der Waals surface area contributed by atoms with E-state index in [1.54, 1.807) is 0 Å². The van der Waals surface area contributed by atoms with E-state index in [-0.39, 0.29) is 23.6 Å². The highest BCUT2D eigenvalue weighted by Crippen LogP contribution is 2.18. The Balaban J connectivity index is 2.16. The van der Waals surface area contributed by atoms with E-state index in [9.17, 15) is 9.90 Å². The van der Waals surface area contributed by atoms with E-state index in [1.165, 1.54) is 0 Å². The third-order valence-corrected chi connectivity index (χ3v) is 3.02. The number of aliphatic hydroxyl groups excluding tert-OH is 1. The summed E-state index contributed by atoms with van der Waals surface area (Å²) in [5, 5.41) is 15.8. The van der Waals surface area contributed by atoms with E-state index in [0.29, 0.717) is 19.4 Å². The van der Waals surface area contributed by atoms with Gasteiger partial charge in [-0.3, -0.25) is 4.79 Å². The smallest absolute Gasteiger partial charge is 0.221 e. The molecule has 4 heteroatoms. The lowest BCUT2D eigenvalue weighted by Gasteiger charge is -2.27. The quantitative estimate of drug-likeness (QED) is 0.694. The highest BCUT2D eigenvalue weighted by molar-refractivity contribution is 5.76. The molecule has 0 heterocycles. The topological polar surface area (TPSA) is 61.4 Å². The first-order valence-electron chi connectivity index (χ1n) is 6.59. The largest absolute Gasteiger partial charge is 0.393 e. The number of amides is 1. The summed E-state index contributed by atoms with van der Waals surface area (Å²) in [4.78, 5) is 11.7. The second kappa shape index (κ2) is 6.36. The van der Waals surface area contributed by atoms with Gasteiger partial charge in [0.05, 0.1) is 6.10 Å². The van der Waals surface area contributed by atoms with E-state index in [2.05, 4.69) is 31.4 Å². The molecule has 0 aromatic rings. The molecule has 1 aliphatic rings. The van der Waals surface area contributed by atoms with Crippen molar-refractivity contribution in [2.24, 2.45) is 0 Å². The Morgan fingerprint density at radius 2 is 2.06 bits per heavy atom. The van der Waals surface area contributed by atoms with Crippen LogP contribution in [-0.2, 0) is 4.79 Å². The van der Waals surface area contributed by atoms with Crippen molar-refractivity contribution in [1.29, 1.82) is 0 Å². The molecular formula is C13H26N2O2. The van der Waals surface area contributed by atoms with E-state index >= 15 is 0 Å². The third kappa shape index (κ3) is 6.64. The summed E-state index contributed by atoms with van der Waals surface area (Å²) >= 11 is 0. The molecule has 17 heavy (non-hydrogen) atoms. The summed E-state index contributed by atoms with van der Waals surface area (Å²) in [5.41, 5.74) is 0.0569. The normalized spacial score (nSPS) is 25.6. The van der Waals surface area contributed by atoms with Gasteiger partial charge in [0, 0.05) is 24.5 Å². The molecule has 4 nitrogen and oxygen atoms in total. The highest BCUT2D eigenvalue weighted by atomic mass is 16.3. The van der Waals surface area contributed by atoms with Crippen LogP contribution < -0.4 is 10.6 Å². The molecule has 1 saturated carbocycles. The molecular weight excluding hydrogens is 216 g/mol. The molecule has 1 amide bonds. The number of carbonyl (C=O) groups excluding carboxylic acids is 1. The van der Waals surface area contributed by atoms with Crippen LogP contribution in [0.25, 0.3) is 0 Å². The predicted octanol–water partition coefficient (Wildman–Crippen LogP) is 1.18. The minimum absolute atomic E-state index is 0.0569. The molecule has 100 valence electrons. The highest BCUT2D eigenvalue weighted by Gasteiger charge is 2.21. The first-order valence-corrected chi connectivity index (χ1v) is 6.59. The number of rotatable bonds is 4. The molecule has 0 aromatic carbocycles. The number of hydrogen-bond acceptors (Lipinski definition) is 3. The summed E-state index contributed by atoms with van der Waals surface area (Å²) in [5.74, 6) is 0.0841. The van der Waals surface area contributed by atoms with Crippen molar-refractivity contribution in [3.05, 3.63) is 0 Å². The molecule has 0 aromatic heterocycles. The van der Waals surface area contributed by atoms with Crippen LogP contribution in [0, 0.1) is 0 Å². The van der Waals surface area contributed by atoms with E-state index < -0.39 is 0 Å².